The van der Waals surface area contributed by atoms with E-state index >= 15 is 0 Å². The quantitative estimate of drug-likeness (QED) is 0.233. The number of amides is 2. The van der Waals surface area contributed by atoms with Crippen LogP contribution in [0.1, 0.15) is 90.2 Å². The van der Waals surface area contributed by atoms with Gasteiger partial charge in [0.05, 0.1) is 34.8 Å². The SMILES string of the molecule is CC(=O)N1CCC2(CC1)C(=O)N([C@H]1C[C@@H](N3CCCC4(CCC4)C3)C1)c1cc(-c3cc4ncn(C(C)C)c4c(Nc4ccncc4F)n3)ccc12. The van der Waals surface area contributed by atoms with Crippen molar-refractivity contribution in [2.24, 2.45) is 5.41 Å². The summed E-state index contributed by atoms with van der Waals surface area (Å²) in [5.41, 5.74) is 5.34. The van der Waals surface area contributed by atoms with Gasteiger partial charge in [-0.3, -0.25) is 19.5 Å². The number of hydrogen-bond donors (Lipinski definition) is 1. The molecule has 3 aliphatic heterocycles. The van der Waals surface area contributed by atoms with E-state index in [1.54, 1.807) is 25.5 Å². The summed E-state index contributed by atoms with van der Waals surface area (Å²) in [6, 6.07) is 10.7. The van der Waals surface area contributed by atoms with E-state index in [0.717, 1.165) is 40.7 Å². The van der Waals surface area contributed by atoms with Crippen LogP contribution in [0.2, 0.25) is 0 Å². The molecule has 6 heterocycles. The second-order valence-electron chi connectivity index (χ2n) is 16.2. The Morgan fingerprint density at radius 2 is 1.78 bits per heavy atom. The lowest BCUT2D eigenvalue weighted by Gasteiger charge is -2.54. The molecular weight excluding hydrogens is 643 g/mol. The number of anilines is 3. The molecule has 51 heavy (non-hydrogen) atoms. The highest BCUT2D eigenvalue weighted by atomic mass is 19.1. The molecule has 2 saturated carbocycles. The second-order valence-corrected chi connectivity index (χ2v) is 16.2. The van der Waals surface area contributed by atoms with E-state index in [4.69, 9.17) is 9.97 Å². The van der Waals surface area contributed by atoms with Crippen LogP contribution in [-0.4, -0.2) is 79.4 Å². The zero-order chi connectivity index (χ0) is 35.1. The van der Waals surface area contributed by atoms with Gasteiger partial charge in [-0.05, 0) is 101 Å². The molecule has 4 aromatic rings. The third kappa shape index (κ3) is 5.25. The Morgan fingerprint density at radius 1 is 1.00 bits per heavy atom. The van der Waals surface area contributed by atoms with Crippen LogP contribution in [0.5, 0.6) is 0 Å². The summed E-state index contributed by atoms with van der Waals surface area (Å²) < 4.78 is 16.9. The highest BCUT2D eigenvalue weighted by Gasteiger charge is 2.56. The van der Waals surface area contributed by atoms with Gasteiger partial charge in [-0.25, -0.2) is 14.4 Å². The molecular formula is C40H47FN8O2. The normalized spacial score (nSPS) is 23.9. The predicted molar refractivity (Wildman–Crippen MR) is 195 cm³/mol. The molecule has 0 unspecified atom stereocenters. The first kappa shape index (κ1) is 32.5. The fraction of sp³-hybridized carbons (Fsp3) is 0.525. The highest BCUT2D eigenvalue weighted by molar-refractivity contribution is 6.09. The van der Waals surface area contributed by atoms with Crippen LogP contribution in [0.3, 0.4) is 0 Å². The molecule has 11 heteroatoms. The molecule has 266 valence electrons. The number of piperidine rings is 2. The lowest BCUT2D eigenvalue weighted by atomic mass is 9.63. The van der Waals surface area contributed by atoms with Crippen molar-refractivity contribution >= 4 is 40.0 Å². The average Bonchev–Trinajstić information content (AvgIpc) is 3.63. The first-order valence-electron chi connectivity index (χ1n) is 18.9. The van der Waals surface area contributed by atoms with E-state index < -0.39 is 11.2 Å². The number of nitrogens with zero attached hydrogens (tertiary/aromatic N) is 7. The fourth-order valence-corrected chi connectivity index (χ4v) is 9.80. The minimum atomic E-state index is -0.634. The molecule has 4 fully saturated rings. The molecule has 1 aromatic carbocycles. The number of nitrogens with one attached hydrogen (secondary N) is 1. The number of likely N-dealkylation sites (tertiary alicyclic amines) is 2. The third-order valence-corrected chi connectivity index (χ3v) is 13.0. The molecule has 0 radical (unpaired) electrons. The van der Waals surface area contributed by atoms with E-state index in [9.17, 15) is 14.0 Å². The smallest absolute Gasteiger partial charge is 0.238 e. The first-order valence-corrected chi connectivity index (χ1v) is 18.9. The number of rotatable bonds is 6. The van der Waals surface area contributed by atoms with Gasteiger partial charge in [0, 0.05) is 62.1 Å². The van der Waals surface area contributed by atoms with Gasteiger partial charge in [0.15, 0.2) is 11.6 Å². The van der Waals surface area contributed by atoms with Crippen LogP contribution in [-0.2, 0) is 15.0 Å². The van der Waals surface area contributed by atoms with Gasteiger partial charge >= 0.3 is 0 Å². The second kappa shape index (κ2) is 12.1. The summed E-state index contributed by atoms with van der Waals surface area (Å²) in [5.74, 6) is 0.290. The third-order valence-electron chi connectivity index (χ3n) is 13.0. The Bertz CT molecular complexity index is 2020. The maximum Gasteiger partial charge on any atom is 0.238 e. The van der Waals surface area contributed by atoms with Crippen LogP contribution < -0.4 is 10.2 Å². The van der Waals surface area contributed by atoms with Gasteiger partial charge in [0.2, 0.25) is 11.8 Å². The molecule has 2 aliphatic carbocycles. The standard InChI is InChI=1S/C40H47FN8O2/c1-25(2)48-24-43-34-21-33(45-37(36(34)48)44-32-8-14-42-22-31(32)41)27-6-7-30-35(18-27)49(38(51)40(30)12-16-46(17-13-40)26(3)50)29-19-28(20-29)47-15-5-11-39(23-47)9-4-10-39/h6-8,14,18,21-22,24-25,28-29H,4-5,9-13,15-17,19-20,23H2,1-3H3,(H,42,44,45)/t28-,29+. The van der Waals surface area contributed by atoms with Crippen molar-refractivity contribution in [3.8, 4) is 11.3 Å². The number of benzene rings is 1. The Hall–Kier alpha value is -4.38. The lowest BCUT2D eigenvalue weighted by Crippen LogP contribution is -2.60. The first-order chi connectivity index (χ1) is 24.6. The van der Waals surface area contributed by atoms with Crippen LogP contribution in [0.15, 0.2) is 49.1 Å². The molecule has 0 bridgehead atoms. The van der Waals surface area contributed by atoms with E-state index in [0.29, 0.717) is 48.9 Å². The van der Waals surface area contributed by atoms with Gasteiger partial charge in [0.1, 0.15) is 5.52 Å². The van der Waals surface area contributed by atoms with Crippen LogP contribution in [0.25, 0.3) is 22.3 Å². The summed E-state index contributed by atoms with van der Waals surface area (Å²) >= 11 is 0. The van der Waals surface area contributed by atoms with Crippen molar-refractivity contribution in [2.45, 2.75) is 102 Å². The van der Waals surface area contributed by atoms with Crippen LogP contribution in [0.4, 0.5) is 21.6 Å². The number of hydrogen-bond acceptors (Lipinski definition) is 7. The Balaban J connectivity index is 1.08. The monoisotopic (exact) mass is 690 g/mol. The molecule has 1 N–H and O–H groups in total. The largest absolute Gasteiger partial charge is 0.343 e. The van der Waals surface area contributed by atoms with Crippen LogP contribution in [0, 0.1) is 11.2 Å². The molecule has 2 spiro atoms. The van der Waals surface area contributed by atoms with E-state index in [1.807, 2.05) is 15.5 Å². The van der Waals surface area contributed by atoms with Crippen molar-refractivity contribution in [1.29, 1.82) is 0 Å². The molecule has 0 atom stereocenters. The Morgan fingerprint density at radius 3 is 2.49 bits per heavy atom. The number of imidazole rings is 1. The Kier molecular flexibility index (Phi) is 7.72. The van der Waals surface area contributed by atoms with Gasteiger partial charge in [-0.1, -0.05) is 18.6 Å². The summed E-state index contributed by atoms with van der Waals surface area (Å²) in [6.45, 7) is 9.31. The highest BCUT2D eigenvalue weighted by Crippen LogP contribution is 2.53. The lowest BCUT2D eigenvalue weighted by molar-refractivity contribution is -0.134. The number of pyridine rings is 2. The Labute approximate surface area is 298 Å². The van der Waals surface area contributed by atoms with Gasteiger partial charge in [-0.2, -0.15) is 0 Å². The van der Waals surface area contributed by atoms with Crippen molar-refractivity contribution in [3.63, 3.8) is 0 Å². The van der Waals surface area contributed by atoms with Crippen molar-refractivity contribution in [3.05, 3.63) is 60.4 Å². The minimum absolute atomic E-state index is 0.0627. The summed E-state index contributed by atoms with van der Waals surface area (Å²) in [6.07, 6.45) is 14.5. The molecule has 2 amide bonds. The molecule has 2 saturated heterocycles. The van der Waals surface area contributed by atoms with Gasteiger partial charge in [-0.15, -0.1) is 0 Å². The van der Waals surface area contributed by atoms with Crippen molar-refractivity contribution in [2.75, 3.05) is 36.4 Å². The number of carbonyl (C=O) groups excluding carboxylic acids is 2. The number of aromatic nitrogens is 4. The van der Waals surface area contributed by atoms with Gasteiger partial charge < -0.3 is 19.7 Å². The maximum atomic E-state index is 14.8. The summed E-state index contributed by atoms with van der Waals surface area (Å²) in [5, 5.41) is 3.23. The number of carbonyl (C=O) groups is 2. The fourth-order valence-electron chi connectivity index (χ4n) is 9.80. The topological polar surface area (TPSA) is 99.5 Å². The molecule has 9 rings (SSSR count). The van der Waals surface area contributed by atoms with E-state index in [2.05, 4.69) is 52.1 Å². The average molecular weight is 691 g/mol. The van der Waals surface area contributed by atoms with Gasteiger partial charge in [0.25, 0.3) is 0 Å². The number of halogens is 1. The summed E-state index contributed by atoms with van der Waals surface area (Å²) in [4.78, 5) is 47.6. The van der Waals surface area contributed by atoms with Crippen molar-refractivity contribution < 1.29 is 14.0 Å². The minimum Gasteiger partial charge on any atom is -0.343 e. The van der Waals surface area contributed by atoms with Crippen LogP contribution >= 0.6 is 0 Å². The predicted octanol–water partition coefficient (Wildman–Crippen LogP) is 6.98. The maximum absolute atomic E-state index is 14.8. The number of fused-ring (bicyclic) bond motifs is 3. The molecule has 10 nitrogen and oxygen atoms in total. The van der Waals surface area contributed by atoms with Crippen molar-refractivity contribution in [1.82, 2.24) is 29.3 Å². The van der Waals surface area contributed by atoms with E-state index in [1.165, 1.54) is 51.4 Å². The zero-order valence-electron chi connectivity index (χ0n) is 29.9. The summed E-state index contributed by atoms with van der Waals surface area (Å²) in [7, 11) is 0. The molecule has 5 aliphatic rings. The van der Waals surface area contributed by atoms with E-state index in [-0.39, 0.29) is 29.6 Å². The molecule has 3 aromatic heterocycles. The zero-order valence-corrected chi connectivity index (χ0v) is 29.9.